The fourth-order valence-electron chi connectivity index (χ4n) is 5.08. The van der Waals surface area contributed by atoms with Gasteiger partial charge in [0.1, 0.15) is 11.4 Å². The molecule has 0 unspecified atom stereocenters. The van der Waals surface area contributed by atoms with Crippen molar-refractivity contribution in [3.05, 3.63) is 89.0 Å². The van der Waals surface area contributed by atoms with Gasteiger partial charge >= 0.3 is 0 Å². The first-order valence-electron chi connectivity index (χ1n) is 14.0. The van der Waals surface area contributed by atoms with E-state index < -0.39 is 21.7 Å². The Kier molecular flexibility index (Phi) is 8.90. The molecular formula is C32H41N3O4S. The molecule has 0 saturated heterocycles. The molecule has 1 amide bonds. The molecule has 1 aliphatic heterocycles. The molecule has 1 aliphatic rings. The van der Waals surface area contributed by atoms with E-state index in [0.717, 1.165) is 24.2 Å². The van der Waals surface area contributed by atoms with E-state index in [9.17, 15) is 13.2 Å². The summed E-state index contributed by atoms with van der Waals surface area (Å²) in [6.45, 7) is 14.0. The predicted molar refractivity (Wildman–Crippen MR) is 161 cm³/mol. The molecule has 0 radical (unpaired) electrons. The Morgan fingerprint density at radius 1 is 1.02 bits per heavy atom. The molecule has 40 heavy (non-hydrogen) atoms. The second kappa shape index (κ2) is 12.0. The van der Waals surface area contributed by atoms with Crippen LogP contribution in [0.1, 0.15) is 67.7 Å². The Labute approximate surface area is 239 Å². The minimum Gasteiger partial charge on any atom is -0.487 e. The Morgan fingerprint density at radius 2 is 1.75 bits per heavy atom. The largest absolute Gasteiger partial charge is 0.487 e. The molecule has 2 N–H and O–H groups in total. The van der Waals surface area contributed by atoms with Crippen LogP contribution in [0.15, 0.2) is 71.6 Å². The molecule has 3 aromatic carbocycles. The Hall–Kier alpha value is -3.36. The van der Waals surface area contributed by atoms with E-state index in [2.05, 4.69) is 47.0 Å². The standard InChI is InChI=1S/C32H41N3O4S/c1-7-24-12-15-27(16-13-24)40(37,38)34-30-23(4)32(5,6)39-29-17-14-25(21-28(29)30)31(36)33-18-19-35(8-2)26-11-9-10-22(3)20-26/h9-17,20-21,23,30,34H,7-8,18-19H2,1-6H3,(H,33,36)/t23-,30-/m0/s1. The molecule has 214 valence electrons. The molecular weight excluding hydrogens is 522 g/mol. The number of nitrogens with zero attached hydrogens (tertiary/aromatic N) is 1. The highest BCUT2D eigenvalue weighted by molar-refractivity contribution is 7.89. The Morgan fingerprint density at radius 3 is 2.40 bits per heavy atom. The number of hydrogen-bond acceptors (Lipinski definition) is 5. The molecule has 0 bridgehead atoms. The summed E-state index contributed by atoms with van der Waals surface area (Å²) in [6, 6.07) is 19.9. The third-order valence-electron chi connectivity index (χ3n) is 7.92. The van der Waals surface area contributed by atoms with Crippen molar-refractivity contribution in [2.45, 2.75) is 64.5 Å². The molecule has 8 heteroatoms. The van der Waals surface area contributed by atoms with Crippen LogP contribution in [0.25, 0.3) is 0 Å². The summed E-state index contributed by atoms with van der Waals surface area (Å²) in [4.78, 5) is 15.6. The maximum absolute atomic E-state index is 13.4. The van der Waals surface area contributed by atoms with E-state index in [1.807, 2.05) is 45.9 Å². The molecule has 7 nitrogen and oxygen atoms in total. The van der Waals surface area contributed by atoms with Crippen LogP contribution in [0.4, 0.5) is 5.69 Å². The van der Waals surface area contributed by atoms with E-state index >= 15 is 0 Å². The number of fused-ring (bicyclic) bond motifs is 1. The van der Waals surface area contributed by atoms with Crippen LogP contribution in [0.3, 0.4) is 0 Å². The number of amides is 1. The lowest BCUT2D eigenvalue weighted by molar-refractivity contribution is 0.0167. The first-order chi connectivity index (χ1) is 18.9. The number of aryl methyl sites for hydroxylation is 2. The molecule has 2 atom stereocenters. The minimum atomic E-state index is -3.81. The van der Waals surface area contributed by atoms with Crippen molar-refractivity contribution in [1.29, 1.82) is 0 Å². The summed E-state index contributed by atoms with van der Waals surface area (Å²) in [6.07, 6.45) is 0.833. The lowest BCUT2D eigenvalue weighted by Crippen LogP contribution is -2.48. The van der Waals surface area contributed by atoms with E-state index in [-0.39, 0.29) is 16.7 Å². The Bertz CT molecular complexity index is 1450. The monoisotopic (exact) mass is 563 g/mol. The first-order valence-corrected chi connectivity index (χ1v) is 15.5. The molecule has 0 saturated carbocycles. The van der Waals surface area contributed by atoms with E-state index in [1.165, 1.54) is 5.56 Å². The highest BCUT2D eigenvalue weighted by Gasteiger charge is 2.43. The zero-order valence-corrected chi connectivity index (χ0v) is 25.1. The number of benzene rings is 3. The number of ether oxygens (including phenoxy) is 1. The zero-order valence-electron chi connectivity index (χ0n) is 24.3. The third kappa shape index (κ3) is 6.50. The molecule has 1 heterocycles. The van der Waals surface area contributed by atoms with Crippen molar-refractivity contribution in [3.63, 3.8) is 0 Å². The third-order valence-corrected chi connectivity index (χ3v) is 9.37. The average molecular weight is 564 g/mol. The van der Waals surface area contributed by atoms with Gasteiger partial charge in [0.15, 0.2) is 0 Å². The van der Waals surface area contributed by atoms with E-state index in [4.69, 9.17) is 4.74 Å². The van der Waals surface area contributed by atoms with Crippen molar-refractivity contribution >= 4 is 21.6 Å². The molecule has 0 spiro atoms. The highest BCUT2D eigenvalue weighted by atomic mass is 32.2. The number of sulfonamides is 1. The van der Waals surface area contributed by atoms with E-state index in [1.54, 1.807) is 30.3 Å². The van der Waals surface area contributed by atoms with Gasteiger partial charge in [-0.15, -0.1) is 0 Å². The van der Waals surface area contributed by atoms with Crippen molar-refractivity contribution in [2.24, 2.45) is 5.92 Å². The van der Waals surface area contributed by atoms with Crippen LogP contribution in [-0.2, 0) is 16.4 Å². The van der Waals surface area contributed by atoms with Crippen molar-refractivity contribution < 1.29 is 17.9 Å². The summed E-state index contributed by atoms with van der Waals surface area (Å²) in [5, 5.41) is 3.02. The maximum Gasteiger partial charge on any atom is 0.251 e. The van der Waals surface area contributed by atoms with Crippen LogP contribution >= 0.6 is 0 Å². The van der Waals surface area contributed by atoms with Gasteiger partial charge in [0, 0.05) is 42.4 Å². The van der Waals surface area contributed by atoms with E-state index in [0.29, 0.717) is 30.0 Å². The van der Waals surface area contributed by atoms with Crippen molar-refractivity contribution in [2.75, 3.05) is 24.5 Å². The molecule has 0 aliphatic carbocycles. The lowest BCUT2D eigenvalue weighted by atomic mass is 9.80. The normalized spacial score (nSPS) is 17.9. The summed E-state index contributed by atoms with van der Waals surface area (Å²) in [5.74, 6) is 0.165. The fraction of sp³-hybridized carbons (Fsp3) is 0.406. The quantitative estimate of drug-likeness (QED) is 0.333. The van der Waals surface area contributed by atoms with Gasteiger partial charge in [-0.3, -0.25) is 4.79 Å². The summed E-state index contributed by atoms with van der Waals surface area (Å²) >= 11 is 0. The summed E-state index contributed by atoms with van der Waals surface area (Å²) in [5.41, 5.74) is 3.89. The smallest absolute Gasteiger partial charge is 0.251 e. The molecule has 0 fully saturated rings. The van der Waals surface area contributed by atoms with Gasteiger partial charge in [-0.1, -0.05) is 38.1 Å². The predicted octanol–water partition coefficient (Wildman–Crippen LogP) is 5.64. The number of anilines is 1. The van der Waals surface area contributed by atoms with Crippen LogP contribution in [0.2, 0.25) is 0 Å². The molecule has 4 rings (SSSR count). The van der Waals surface area contributed by atoms with Crippen LogP contribution in [0, 0.1) is 12.8 Å². The Balaban J connectivity index is 1.53. The maximum atomic E-state index is 13.4. The van der Waals surface area contributed by atoms with Gasteiger partial charge in [-0.05, 0) is 87.7 Å². The van der Waals surface area contributed by atoms with Crippen molar-refractivity contribution in [3.8, 4) is 5.75 Å². The number of carbonyl (C=O) groups excluding carboxylic acids is 1. The van der Waals surface area contributed by atoms with Gasteiger partial charge in [-0.2, -0.15) is 0 Å². The second-order valence-electron chi connectivity index (χ2n) is 11.0. The first kappa shape index (κ1) is 29.6. The van der Waals surface area contributed by atoms with Crippen LogP contribution < -0.4 is 19.7 Å². The number of rotatable bonds is 10. The van der Waals surface area contributed by atoms with Crippen LogP contribution in [0.5, 0.6) is 5.75 Å². The number of likely N-dealkylation sites (N-methyl/N-ethyl adjacent to an activating group) is 1. The SMILES string of the molecule is CCc1ccc(S(=O)(=O)N[C@@H]2c3cc(C(=O)NCCN(CC)c4cccc(C)c4)ccc3OC(C)(C)[C@H]2C)cc1. The van der Waals surface area contributed by atoms with Crippen LogP contribution in [-0.4, -0.2) is 39.6 Å². The minimum absolute atomic E-state index is 0.199. The lowest BCUT2D eigenvalue weighted by Gasteiger charge is -2.43. The van der Waals surface area contributed by atoms with Gasteiger partial charge < -0.3 is 15.0 Å². The highest BCUT2D eigenvalue weighted by Crippen LogP contribution is 2.44. The number of carbonyl (C=O) groups is 1. The summed E-state index contributed by atoms with van der Waals surface area (Å²) < 4.78 is 36.0. The van der Waals surface area contributed by atoms with Gasteiger partial charge in [0.2, 0.25) is 10.0 Å². The summed E-state index contributed by atoms with van der Waals surface area (Å²) in [7, 11) is -3.81. The average Bonchev–Trinajstić information content (AvgIpc) is 2.93. The molecule has 0 aromatic heterocycles. The van der Waals surface area contributed by atoms with Crippen molar-refractivity contribution in [1.82, 2.24) is 10.0 Å². The topological polar surface area (TPSA) is 87.7 Å². The molecule has 3 aromatic rings. The van der Waals surface area contributed by atoms with Gasteiger partial charge in [-0.25, -0.2) is 13.1 Å². The van der Waals surface area contributed by atoms with Gasteiger partial charge in [0.05, 0.1) is 10.9 Å². The second-order valence-corrected chi connectivity index (χ2v) is 12.7. The number of nitrogens with one attached hydrogen (secondary N) is 2. The zero-order chi connectivity index (χ0) is 29.1. The number of hydrogen-bond donors (Lipinski definition) is 2. The van der Waals surface area contributed by atoms with Gasteiger partial charge in [0.25, 0.3) is 5.91 Å². The fourth-order valence-corrected chi connectivity index (χ4v) is 6.37.